The third kappa shape index (κ3) is 3.52. The van der Waals surface area contributed by atoms with E-state index in [1.807, 2.05) is 11.8 Å². The summed E-state index contributed by atoms with van der Waals surface area (Å²) in [6.07, 6.45) is 0. The van der Waals surface area contributed by atoms with Gasteiger partial charge in [-0.25, -0.2) is 0 Å². The summed E-state index contributed by atoms with van der Waals surface area (Å²) in [7, 11) is 0. The van der Waals surface area contributed by atoms with Crippen molar-refractivity contribution in [1.29, 1.82) is 0 Å². The van der Waals surface area contributed by atoms with Crippen molar-refractivity contribution < 1.29 is 0 Å². The van der Waals surface area contributed by atoms with E-state index in [1.165, 1.54) is 87.0 Å². The van der Waals surface area contributed by atoms with Crippen LogP contribution in [0.3, 0.4) is 0 Å². The molecule has 1 unspecified atom stereocenters. The van der Waals surface area contributed by atoms with Crippen LogP contribution in [0, 0.1) is 0 Å². The molecule has 0 fully saturated rings. The number of hydrogen-bond acceptors (Lipinski definition) is 1. The number of fused-ring (bicyclic) bond motifs is 6. The summed E-state index contributed by atoms with van der Waals surface area (Å²) in [6, 6.07) is 63.4. The Morgan fingerprint density at radius 2 is 0.978 bits per heavy atom. The highest BCUT2D eigenvalue weighted by atomic mass is 32.2. The molecule has 46 heavy (non-hydrogen) atoms. The highest BCUT2D eigenvalue weighted by molar-refractivity contribution is 7.99. The van der Waals surface area contributed by atoms with E-state index in [-0.39, 0.29) is 0 Å². The van der Waals surface area contributed by atoms with Crippen LogP contribution in [0.1, 0.15) is 22.3 Å². The maximum Gasteiger partial charge on any atom is 0.0719 e. The molecule has 2 aliphatic rings. The van der Waals surface area contributed by atoms with Crippen LogP contribution in [0.15, 0.2) is 180 Å². The molecule has 0 N–H and O–H groups in total. The lowest BCUT2D eigenvalue weighted by Gasteiger charge is -2.36. The van der Waals surface area contributed by atoms with Crippen LogP contribution in [-0.2, 0) is 5.41 Å². The summed E-state index contributed by atoms with van der Waals surface area (Å²) in [5, 5.41) is 5.20. The van der Waals surface area contributed by atoms with E-state index in [0.717, 1.165) is 0 Å². The molecule has 1 heterocycles. The van der Waals surface area contributed by atoms with Crippen LogP contribution in [-0.4, -0.2) is 0 Å². The van der Waals surface area contributed by atoms with E-state index in [0.29, 0.717) is 0 Å². The van der Waals surface area contributed by atoms with Gasteiger partial charge in [0.25, 0.3) is 0 Å². The molecule has 1 aliphatic carbocycles. The van der Waals surface area contributed by atoms with Crippen molar-refractivity contribution in [2.45, 2.75) is 15.2 Å². The van der Waals surface area contributed by atoms with E-state index < -0.39 is 5.41 Å². The zero-order valence-electron chi connectivity index (χ0n) is 25.1. The highest BCUT2D eigenvalue weighted by Crippen LogP contribution is 2.59. The molecule has 8 aromatic rings. The lowest BCUT2D eigenvalue weighted by atomic mass is 9.65. The van der Waals surface area contributed by atoms with Gasteiger partial charge in [-0.05, 0) is 102 Å². The maximum absolute atomic E-state index is 2.45. The zero-order chi connectivity index (χ0) is 30.2. The lowest BCUT2D eigenvalue weighted by Crippen LogP contribution is -2.29. The molecule has 1 heteroatoms. The molecule has 0 spiro atoms. The predicted octanol–water partition coefficient (Wildman–Crippen LogP) is 12.2. The molecule has 0 bridgehead atoms. The normalized spacial score (nSPS) is 15.8. The summed E-state index contributed by atoms with van der Waals surface area (Å²) in [4.78, 5) is 2.65. The third-order valence-electron chi connectivity index (χ3n) is 10.1. The van der Waals surface area contributed by atoms with Crippen LogP contribution < -0.4 is 0 Å². The Morgan fingerprint density at radius 3 is 1.80 bits per heavy atom. The predicted molar refractivity (Wildman–Crippen MR) is 194 cm³/mol. The summed E-state index contributed by atoms with van der Waals surface area (Å²) in [6.45, 7) is 0. The molecule has 214 valence electrons. The summed E-state index contributed by atoms with van der Waals surface area (Å²) >= 11 is 1.89. The van der Waals surface area contributed by atoms with E-state index in [1.54, 1.807) is 0 Å². The Hall–Kier alpha value is -5.37. The van der Waals surface area contributed by atoms with Gasteiger partial charge in [-0.1, -0.05) is 151 Å². The summed E-state index contributed by atoms with van der Waals surface area (Å²) in [5.74, 6) is 0. The van der Waals surface area contributed by atoms with Gasteiger partial charge in [0, 0.05) is 15.2 Å². The molecule has 0 radical (unpaired) electrons. The first-order valence-corrected chi connectivity index (χ1v) is 16.7. The molecule has 0 aromatic heterocycles. The second-order valence-electron chi connectivity index (χ2n) is 12.4. The number of benzene rings is 8. The van der Waals surface area contributed by atoms with Crippen molar-refractivity contribution in [2.24, 2.45) is 0 Å². The highest BCUT2D eigenvalue weighted by Gasteiger charge is 2.47. The van der Waals surface area contributed by atoms with Gasteiger partial charge < -0.3 is 0 Å². The quantitative estimate of drug-likeness (QED) is 0.194. The maximum atomic E-state index is 2.45. The second kappa shape index (κ2) is 9.81. The topological polar surface area (TPSA) is 0 Å². The van der Waals surface area contributed by atoms with Gasteiger partial charge >= 0.3 is 0 Å². The van der Waals surface area contributed by atoms with Gasteiger partial charge in [-0.2, -0.15) is 0 Å². The minimum Gasteiger partial charge on any atom is -0.0888 e. The van der Waals surface area contributed by atoms with Crippen molar-refractivity contribution in [3.8, 4) is 33.4 Å². The Morgan fingerprint density at radius 1 is 0.348 bits per heavy atom. The molecule has 0 saturated carbocycles. The van der Waals surface area contributed by atoms with Gasteiger partial charge in [0.15, 0.2) is 0 Å². The molecule has 1 atom stereocenters. The lowest BCUT2D eigenvalue weighted by molar-refractivity contribution is 0.771. The fourth-order valence-corrected chi connectivity index (χ4v) is 9.33. The zero-order valence-corrected chi connectivity index (χ0v) is 25.9. The fraction of sp³-hybridized carbons (Fsp3) is 0.0222. The van der Waals surface area contributed by atoms with Crippen molar-refractivity contribution in [3.63, 3.8) is 0 Å². The van der Waals surface area contributed by atoms with Crippen LogP contribution in [0.4, 0.5) is 0 Å². The van der Waals surface area contributed by atoms with Crippen LogP contribution in [0.25, 0.3) is 54.9 Å². The smallest absolute Gasteiger partial charge is 0.0719 e. The van der Waals surface area contributed by atoms with Crippen LogP contribution in [0.5, 0.6) is 0 Å². The Balaban J connectivity index is 1.29. The Bertz CT molecular complexity index is 2500. The summed E-state index contributed by atoms with van der Waals surface area (Å²) < 4.78 is 0. The average molecular weight is 601 g/mol. The number of hydrogen-bond donors (Lipinski definition) is 0. The van der Waals surface area contributed by atoms with Gasteiger partial charge in [0.05, 0.1) is 5.41 Å². The van der Waals surface area contributed by atoms with Crippen LogP contribution >= 0.6 is 11.8 Å². The van der Waals surface area contributed by atoms with Gasteiger partial charge in [-0.3, -0.25) is 0 Å². The molecule has 0 saturated heterocycles. The second-order valence-corrected chi connectivity index (χ2v) is 13.5. The third-order valence-corrected chi connectivity index (χ3v) is 11.3. The van der Waals surface area contributed by atoms with Gasteiger partial charge in [0.1, 0.15) is 0 Å². The first-order valence-electron chi connectivity index (χ1n) is 15.9. The van der Waals surface area contributed by atoms with E-state index in [2.05, 4.69) is 170 Å². The summed E-state index contributed by atoms with van der Waals surface area (Å²) in [5.41, 5.74) is 12.6. The average Bonchev–Trinajstić information content (AvgIpc) is 3.41. The monoisotopic (exact) mass is 600 g/mol. The molecule has 1 aliphatic heterocycles. The van der Waals surface area contributed by atoms with Gasteiger partial charge in [-0.15, -0.1) is 0 Å². The van der Waals surface area contributed by atoms with Crippen molar-refractivity contribution in [2.75, 3.05) is 0 Å². The molecular formula is C45H28S. The Kier molecular flexibility index (Phi) is 5.53. The molecular weight excluding hydrogens is 573 g/mol. The van der Waals surface area contributed by atoms with Crippen LogP contribution in [0.2, 0.25) is 0 Å². The molecule has 8 aromatic carbocycles. The fourth-order valence-electron chi connectivity index (χ4n) is 8.20. The molecule has 10 rings (SSSR count). The number of rotatable bonds is 3. The van der Waals surface area contributed by atoms with E-state index in [9.17, 15) is 0 Å². The minimum absolute atomic E-state index is 0.481. The van der Waals surface area contributed by atoms with Crippen molar-refractivity contribution >= 4 is 33.3 Å². The van der Waals surface area contributed by atoms with Gasteiger partial charge in [0.2, 0.25) is 0 Å². The first-order chi connectivity index (χ1) is 22.8. The Labute approximate surface area is 273 Å². The van der Waals surface area contributed by atoms with E-state index >= 15 is 0 Å². The largest absolute Gasteiger partial charge is 0.0888 e. The first kappa shape index (κ1) is 25.9. The minimum atomic E-state index is -0.481. The molecule has 0 nitrogen and oxygen atoms in total. The SMILES string of the molecule is c1ccc(C2(c3ccccc3-c3ccc4c(c3)-c3cccc5cccc(c35)S4)c3ccccc3-c3cc4ccccc4cc32)cc1. The van der Waals surface area contributed by atoms with E-state index in [4.69, 9.17) is 0 Å². The van der Waals surface area contributed by atoms with Crippen molar-refractivity contribution in [1.82, 2.24) is 0 Å². The van der Waals surface area contributed by atoms with Crippen molar-refractivity contribution in [3.05, 3.63) is 192 Å². The standard InChI is InChI=1S/C45H28S/c1-2-16-33(17-3-1)45(40-22-9-7-19-35(40)37-26-30-12-4-5-13-31(30)28-41(37)45)39-21-8-6-18-34(39)32-24-25-42-38(27-32)36-20-10-14-29-15-11-23-43(46-42)44(29)36/h1-28H. The molecule has 0 amide bonds.